The van der Waals surface area contributed by atoms with Crippen LogP contribution in [0.2, 0.25) is 5.15 Å². The van der Waals surface area contributed by atoms with Crippen LogP contribution in [-0.2, 0) is 4.74 Å². The van der Waals surface area contributed by atoms with Gasteiger partial charge in [-0.25, -0.2) is 9.78 Å². The summed E-state index contributed by atoms with van der Waals surface area (Å²) in [6.07, 6.45) is 1.36. The van der Waals surface area contributed by atoms with Crippen molar-refractivity contribution >= 4 is 29.2 Å². The Hall–Kier alpha value is -2.40. The topological polar surface area (TPSA) is 68.3 Å². The van der Waals surface area contributed by atoms with E-state index in [-0.39, 0.29) is 11.5 Å². The number of benzene rings is 1. The molecule has 0 aliphatic rings. The van der Waals surface area contributed by atoms with Gasteiger partial charge in [-0.1, -0.05) is 23.7 Å². The van der Waals surface area contributed by atoms with Crippen molar-refractivity contribution in [3.63, 3.8) is 0 Å². The number of hydrogen-bond donors (Lipinski definition) is 1. The number of halogens is 1. The second-order valence-corrected chi connectivity index (χ2v) is 4.25. The van der Waals surface area contributed by atoms with E-state index in [1.165, 1.54) is 19.4 Å². The highest BCUT2D eigenvalue weighted by molar-refractivity contribution is 6.29. The van der Waals surface area contributed by atoms with Crippen molar-refractivity contribution in [2.45, 2.75) is 0 Å². The van der Waals surface area contributed by atoms with Gasteiger partial charge in [0, 0.05) is 6.20 Å². The minimum atomic E-state index is -0.518. The zero-order chi connectivity index (χ0) is 14.5. The van der Waals surface area contributed by atoms with Crippen LogP contribution in [-0.4, -0.2) is 24.0 Å². The zero-order valence-corrected chi connectivity index (χ0v) is 11.3. The molecule has 1 aromatic heterocycles. The van der Waals surface area contributed by atoms with Gasteiger partial charge < -0.3 is 10.1 Å². The van der Waals surface area contributed by atoms with Crippen molar-refractivity contribution < 1.29 is 14.3 Å². The Morgan fingerprint density at radius 2 is 1.95 bits per heavy atom. The fourth-order valence-corrected chi connectivity index (χ4v) is 1.70. The van der Waals surface area contributed by atoms with Crippen LogP contribution in [0.4, 0.5) is 5.69 Å². The van der Waals surface area contributed by atoms with E-state index in [1.807, 2.05) is 0 Å². The van der Waals surface area contributed by atoms with E-state index < -0.39 is 5.97 Å². The predicted molar refractivity (Wildman–Crippen MR) is 75.0 cm³/mol. The van der Waals surface area contributed by atoms with Crippen LogP contribution >= 0.6 is 11.6 Å². The first kappa shape index (κ1) is 14.0. The Morgan fingerprint density at radius 3 is 2.60 bits per heavy atom. The number of nitrogens with one attached hydrogen (secondary N) is 1. The molecule has 6 heteroatoms. The third-order valence-corrected chi connectivity index (χ3v) is 2.79. The van der Waals surface area contributed by atoms with Gasteiger partial charge in [0.15, 0.2) is 0 Å². The Balaban J connectivity index is 2.24. The van der Waals surface area contributed by atoms with Gasteiger partial charge in [-0.2, -0.15) is 0 Å². The Morgan fingerprint density at radius 1 is 1.20 bits per heavy atom. The fraction of sp³-hybridized carbons (Fsp3) is 0.0714. The number of pyridine rings is 1. The van der Waals surface area contributed by atoms with Crippen molar-refractivity contribution in [1.82, 2.24) is 4.98 Å². The van der Waals surface area contributed by atoms with Gasteiger partial charge in [-0.3, -0.25) is 4.79 Å². The molecule has 1 N–H and O–H groups in total. The molecule has 0 bridgehead atoms. The number of aromatic nitrogens is 1. The second kappa shape index (κ2) is 6.16. The van der Waals surface area contributed by atoms with Crippen molar-refractivity contribution in [3.05, 3.63) is 58.9 Å². The number of para-hydroxylation sites is 1. The van der Waals surface area contributed by atoms with Gasteiger partial charge in [0.05, 0.1) is 23.9 Å². The van der Waals surface area contributed by atoms with E-state index in [0.717, 1.165) is 0 Å². The molecule has 0 aliphatic carbocycles. The number of esters is 1. The zero-order valence-electron chi connectivity index (χ0n) is 10.6. The van der Waals surface area contributed by atoms with Gasteiger partial charge in [0.25, 0.3) is 5.91 Å². The van der Waals surface area contributed by atoms with Crippen molar-refractivity contribution in [1.29, 1.82) is 0 Å². The molecule has 1 heterocycles. The lowest BCUT2D eigenvalue weighted by atomic mass is 10.1. The molecule has 1 amide bonds. The van der Waals surface area contributed by atoms with E-state index in [2.05, 4.69) is 15.0 Å². The number of anilines is 1. The van der Waals surface area contributed by atoms with Gasteiger partial charge >= 0.3 is 5.97 Å². The number of amides is 1. The summed E-state index contributed by atoms with van der Waals surface area (Å²) in [4.78, 5) is 27.5. The molecule has 5 nitrogen and oxygen atoms in total. The summed E-state index contributed by atoms with van der Waals surface area (Å²) in [5.74, 6) is -0.902. The van der Waals surface area contributed by atoms with Crippen LogP contribution in [0.3, 0.4) is 0 Å². The number of carbonyl (C=O) groups excluding carboxylic acids is 2. The molecule has 0 atom stereocenters. The van der Waals surface area contributed by atoms with Gasteiger partial charge in [-0.05, 0) is 24.3 Å². The van der Waals surface area contributed by atoms with E-state index in [9.17, 15) is 9.59 Å². The minimum absolute atomic E-state index is 0.283. The lowest BCUT2D eigenvalue weighted by Gasteiger charge is -2.09. The predicted octanol–water partition coefficient (Wildman–Crippen LogP) is 2.77. The SMILES string of the molecule is COC(=O)c1ccccc1NC(=O)c1ccc(Cl)nc1. The third kappa shape index (κ3) is 3.13. The van der Waals surface area contributed by atoms with Crippen molar-refractivity contribution in [2.75, 3.05) is 12.4 Å². The van der Waals surface area contributed by atoms with Gasteiger partial charge in [0.2, 0.25) is 0 Å². The monoisotopic (exact) mass is 290 g/mol. The molecule has 2 aromatic rings. The molecule has 0 spiro atoms. The number of rotatable bonds is 3. The molecular weight excluding hydrogens is 280 g/mol. The summed E-state index contributed by atoms with van der Waals surface area (Å²) < 4.78 is 4.66. The summed E-state index contributed by atoms with van der Waals surface area (Å²) in [5, 5.41) is 2.94. The van der Waals surface area contributed by atoms with Crippen LogP contribution in [0.1, 0.15) is 20.7 Å². The highest BCUT2D eigenvalue weighted by Gasteiger charge is 2.14. The summed E-state index contributed by atoms with van der Waals surface area (Å²) in [7, 11) is 1.28. The van der Waals surface area contributed by atoms with Crippen molar-refractivity contribution in [2.24, 2.45) is 0 Å². The molecule has 20 heavy (non-hydrogen) atoms. The first-order chi connectivity index (χ1) is 9.61. The average Bonchev–Trinajstić information content (AvgIpc) is 2.47. The summed E-state index contributed by atoms with van der Waals surface area (Å²) in [6, 6.07) is 9.65. The van der Waals surface area contributed by atoms with Crippen LogP contribution in [0.25, 0.3) is 0 Å². The highest BCUT2D eigenvalue weighted by atomic mass is 35.5. The molecule has 0 aliphatic heterocycles. The highest BCUT2D eigenvalue weighted by Crippen LogP contribution is 2.17. The maximum absolute atomic E-state index is 12.0. The molecule has 102 valence electrons. The summed E-state index contributed by atoms with van der Waals surface area (Å²) >= 11 is 5.66. The summed E-state index contributed by atoms with van der Waals surface area (Å²) in [5.41, 5.74) is 0.999. The quantitative estimate of drug-likeness (QED) is 0.697. The number of hydrogen-bond acceptors (Lipinski definition) is 4. The fourth-order valence-electron chi connectivity index (χ4n) is 1.58. The minimum Gasteiger partial charge on any atom is -0.465 e. The van der Waals surface area contributed by atoms with E-state index in [0.29, 0.717) is 16.4 Å². The van der Waals surface area contributed by atoms with Crippen LogP contribution in [0, 0.1) is 0 Å². The number of nitrogens with zero attached hydrogens (tertiary/aromatic N) is 1. The molecular formula is C14H11ClN2O3. The molecule has 0 unspecified atom stereocenters. The first-order valence-corrected chi connectivity index (χ1v) is 6.10. The molecule has 0 fully saturated rings. The van der Waals surface area contributed by atoms with E-state index >= 15 is 0 Å². The van der Waals surface area contributed by atoms with Crippen LogP contribution in [0.5, 0.6) is 0 Å². The average molecular weight is 291 g/mol. The Labute approximate surface area is 120 Å². The molecule has 0 radical (unpaired) electrons. The molecule has 1 aromatic carbocycles. The smallest absolute Gasteiger partial charge is 0.339 e. The Bertz CT molecular complexity index is 641. The van der Waals surface area contributed by atoms with Gasteiger partial charge in [0.1, 0.15) is 5.15 Å². The van der Waals surface area contributed by atoms with E-state index in [1.54, 1.807) is 30.3 Å². The standard InChI is InChI=1S/C14H11ClN2O3/c1-20-14(19)10-4-2-3-5-11(10)17-13(18)9-6-7-12(15)16-8-9/h2-8H,1H3,(H,17,18). The number of methoxy groups -OCH3 is 1. The molecule has 0 saturated carbocycles. The maximum Gasteiger partial charge on any atom is 0.339 e. The Kier molecular flexibility index (Phi) is 4.32. The third-order valence-electron chi connectivity index (χ3n) is 2.57. The summed E-state index contributed by atoms with van der Waals surface area (Å²) in [6.45, 7) is 0. The van der Waals surface area contributed by atoms with Gasteiger partial charge in [-0.15, -0.1) is 0 Å². The molecule has 0 saturated heterocycles. The van der Waals surface area contributed by atoms with Crippen LogP contribution in [0.15, 0.2) is 42.6 Å². The molecule has 2 rings (SSSR count). The van der Waals surface area contributed by atoms with Crippen LogP contribution < -0.4 is 5.32 Å². The normalized spacial score (nSPS) is 9.90. The lowest BCUT2D eigenvalue weighted by Crippen LogP contribution is -2.15. The number of ether oxygens (including phenoxy) is 1. The van der Waals surface area contributed by atoms with E-state index in [4.69, 9.17) is 11.6 Å². The lowest BCUT2D eigenvalue weighted by molar-refractivity contribution is 0.0602. The largest absolute Gasteiger partial charge is 0.465 e. The first-order valence-electron chi connectivity index (χ1n) is 5.72. The maximum atomic E-state index is 12.0. The number of carbonyl (C=O) groups is 2. The second-order valence-electron chi connectivity index (χ2n) is 3.86. The van der Waals surface area contributed by atoms with Crippen molar-refractivity contribution in [3.8, 4) is 0 Å².